The number of aryl methyl sites for hydroxylation is 1. The molecule has 0 saturated carbocycles. The van der Waals surface area contributed by atoms with Crippen molar-refractivity contribution in [1.82, 2.24) is 4.90 Å². The maximum Gasteiger partial charge on any atom is 0.0802 e. The molecule has 1 aromatic carbocycles. The van der Waals surface area contributed by atoms with Crippen molar-refractivity contribution in [3.63, 3.8) is 0 Å². The molecule has 1 saturated heterocycles. The molecule has 19 heavy (non-hydrogen) atoms. The van der Waals surface area contributed by atoms with E-state index in [1.165, 1.54) is 25.8 Å². The summed E-state index contributed by atoms with van der Waals surface area (Å²) in [6.07, 6.45) is 4.34. The fraction of sp³-hybridized carbons (Fsp3) is 0.625. The van der Waals surface area contributed by atoms with Gasteiger partial charge in [-0.3, -0.25) is 0 Å². The van der Waals surface area contributed by atoms with E-state index >= 15 is 0 Å². The highest BCUT2D eigenvalue weighted by atomic mass is 35.5. The molecule has 1 aromatic rings. The highest BCUT2D eigenvalue weighted by molar-refractivity contribution is 6.31. The molecule has 1 aliphatic heterocycles. The molecule has 0 amide bonds. The summed E-state index contributed by atoms with van der Waals surface area (Å²) in [5.41, 5.74) is 2.01. The lowest BCUT2D eigenvalue weighted by Crippen LogP contribution is -2.38. The Kier molecular flexibility index (Phi) is 5.26. The summed E-state index contributed by atoms with van der Waals surface area (Å²) in [5, 5.41) is 11.0. The Bertz CT molecular complexity index is 421. The van der Waals surface area contributed by atoms with Crippen LogP contribution in [0.25, 0.3) is 0 Å². The molecule has 2 unspecified atom stereocenters. The summed E-state index contributed by atoms with van der Waals surface area (Å²) in [4.78, 5) is 2.50. The molecular formula is C16H24ClNO. The molecule has 0 spiro atoms. The number of piperidine rings is 1. The Hall–Kier alpha value is -0.570. The van der Waals surface area contributed by atoms with Gasteiger partial charge in [-0.05, 0) is 56.8 Å². The van der Waals surface area contributed by atoms with Crippen molar-refractivity contribution < 1.29 is 5.11 Å². The number of benzene rings is 1. The van der Waals surface area contributed by atoms with Crippen molar-refractivity contribution in [2.24, 2.45) is 0 Å². The third kappa shape index (κ3) is 3.95. The second kappa shape index (κ2) is 6.74. The zero-order valence-corrected chi connectivity index (χ0v) is 12.7. The van der Waals surface area contributed by atoms with Crippen molar-refractivity contribution in [2.75, 3.05) is 13.1 Å². The maximum atomic E-state index is 10.3. The van der Waals surface area contributed by atoms with Crippen LogP contribution < -0.4 is 0 Å². The molecule has 1 fully saturated rings. The molecule has 0 radical (unpaired) electrons. The second-order valence-corrected chi connectivity index (χ2v) is 6.10. The van der Waals surface area contributed by atoms with E-state index in [1.54, 1.807) is 0 Å². The maximum absolute atomic E-state index is 10.3. The Balaban J connectivity index is 1.89. The summed E-state index contributed by atoms with van der Waals surface area (Å²) in [6, 6.07) is 6.46. The number of likely N-dealkylation sites (tertiary alicyclic amines) is 1. The van der Waals surface area contributed by atoms with Gasteiger partial charge < -0.3 is 10.0 Å². The number of aliphatic hydroxyl groups is 1. The number of rotatable bonds is 4. The minimum atomic E-state index is -0.384. The summed E-state index contributed by atoms with van der Waals surface area (Å²) < 4.78 is 0. The van der Waals surface area contributed by atoms with E-state index in [0.717, 1.165) is 29.1 Å². The van der Waals surface area contributed by atoms with Crippen LogP contribution in [0.15, 0.2) is 18.2 Å². The van der Waals surface area contributed by atoms with Crippen LogP contribution in [0.1, 0.15) is 49.8 Å². The van der Waals surface area contributed by atoms with Crippen molar-refractivity contribution in [1.29, 1.82) is 0 Å². The standard InChI is InChI=1S/C16H24ClNO/c1-12-11-14(6-7-15(12)17)16(19)8-10-18-9-4-3-5-13(18)2/h6-7,11,13,16,19H,3-5,8-10H2,1-2H3. The van der Waals surface area contributed by atoms with Gasteiger partial charge in [0.15, 0.2) is 0 Å². The largest absolute Gasteiger partial charge is 0.388 e. The lowest BCUT2D eigenvalue weighted by Gasteiger charge is -2.33. The highest BCUT2D eigenvalue weighted by Gasteiger charge is 2.19. The Labute approximate surface area is 121 Å². The van der Waals surface area contributed by atoms with E-state index in [-0.39, 0.29) is 6.10 Å². The average Bonchev–Trinajstić information content (AvgIpc) is 2.40. The number of hydrogen-bond donors (Lipinski definition) is 1. The first-order valence-electron chi connectivity index (χ1n) is 7.26. The van der Waals surface area contributed by atoms with Crippen molar-refractivity contribution in [3.05, 3.63) is 34.3 Å². The first-order chi connectivity index (χ1) is 9.08. The lowest BCUT2D eigenvalue weighted by atomic mass is 10.0. The van der Waals surface area contributed by atoms with Gasteiger partial charge in [-0.25, -0.2) is 0 Å². The van der Waals surface area contributed by atoms with E-state index in [2.05, 4.69) is 11.8 Å². The molecule has 2 nitrogen and oxygen atoms in total. The van der Waals surface area contributed by atoms with Crippen molar-refractivity contribution in [3.8, 4) is 0 Å². The van der Waals surface area contributed by atoms with E-state index < -0.39 is 0 Å². The topological polar surface area (TPSA) is 23.5 Å². The minimum absolute atomic E-state index is 0.384. The lowest BCUT2D eigenvalue weighted by molar-refractivity contribution is 0.109. The fourth-order valence-corrected chi connectivity index (χ4v) is 2.94. The summed E-state index contributed by atoms with van der Waals surface area (Å²) in [7, 11) is 0. The van der Waals surface area contributed by atoms with Gasteiger partial charge in [0.05, 0.1) is 6.10 Å². The molecule has 1 heterocycles. The van der Waals surface area contributed by atoms with Crippen LogP contribution in [-0.4, -0.2) is 29.1 Å². The number of hydrogen-bond acceptors (Lipinski definition) is 2. The quantitative estimate of drug-likeness (QED) is 0.903. The third-order valence-electron chi connectivity index (χ3n) is 4.20. The Morgan fingerprint density at radius 3 is 2.89 bits per heavy atom. The predicted molar refractivity (Wildman–Crippen MR) is 80.7 cm³/mol. The fourth-order valence-electron chi connectivity index (χ4n) is 2.82. The van der Waals surface area contributed by atoms with Gasteiger partial charge in [-0.1, -0.05) is 30.2 Å². The SMILES string of the molecule is Cc1cc(C(O)CCN2CCCCC2C)ccc1Cl. The number of aliphatic hydroxyl groups excluding tert-OH is 1. The molecule has 3 heteroatoms. The smallest absolute Gasteiger partial charge is 0.0802 e. The normalized spacial score (nSPS) is 22.4. The first-order valence-corrected chi connectivity index (χ1v) is 7.64. The molecule has 106 valence electrons. The monoisotopic (exact) mass is 281 g/mol. The van der Waals surface area contributed by atoms with Gasteiger partial charge >= 0.3 is 0 Å². The van der Waals surface area contributed by atoms with Crippen LogP contribution in [0.3, 0.4) is 0 Å². The van der Waals surface area contributed by atoms with Gasteiger partial charge in [0.1, 0.15) is 0 Å². The van der Waals surface area contributed by atoms with E-state index in [4.69, 9.17) is 11.6 Å². The average molecular weight is 282 g/mol. The van der Waals surface area contributed by atoms with Crippen LogP contribution in [0.4, 0.5) is 0 Å². The van der Waals surface area contributed by atoms with E-state index in [9.17, 15) is 5.11 Å². The molecule has 0 aliphatic carbocycles. The van der Waals surface area contributed by atoms with Gasteiger partial charge in [-0.2, -0.15) is 0 Å². The van der Waals surface area contributed by atoms with E-state index in [0.29, 0.717) is 6.04 Å². The summed E-state index contributed by atoms with van der Waals surface area (Å²) in [5.74, 6) is 0. The molecule has 1 N–H and O–H groups in total. The molecule has 2 rings (SSSR count). The van der Waals surface area contributed by atoms with Crippen molar-refractivity contribution >= 4 is 11.6 Å². The zero-order chi connectivity index (χ0) is 13.8. The van der Waals surface area contributed by atoms with Crippen LogP contribution in [0.2, 0.25) is 5.02 Å². The number of halogens is 1. The van der Waals surface area contributed by atoms with Crippen molar-refractivity contribution in [2.45, 2.75) is 51.7 Å². The van der Waals surface area contributed by atoms with E-state index in [1.807, 2.05) is 25.1 Å². The molecule has 1 aliphatic rings. The zero-order valence-electron chi connectivity index (χ0n) is 11.9. The Morgan fingerprint density at radius 2 is 2.21 bits per heavy atom. The van der Waals surface area contributed by atoms with Gasteiger partial charge in [0, 0.05) is 17.6 Å². The predicted octanol–water partition coefficient (Wildman–Crippen LogP) is 3.95. The van der Waals surface area contributed by atoms with Gasteiger partial charge in [0.2, 0.25) is 0 Å². The first kappa shape index (κ1) is 14.8. The van der Waals surface area contributed by atoms with Crippen LogP contribution in [-0.2, 0) is 0 Å². The second-order valence-electron chi connectivity index (χ2n) is 5.69. The molecule has 0 bridgehead atoms. The van der Waals surface area contributed by atoms with Crippen LogP contribution in [0, 0.1) is 6.92 Å². The molecular weight excluding hydrogens is 258 g/mol. The number of nitrogens with zero attached hydrogens (tertiary/aromatic N) is 1. The van der Waals surface area contributed by atoms with Crippen LogP contribution in [0.5, 0.6) is 0 Å². The van der Waals surface area contributed by atoms with Crippen LogP contribution >= 0.6 is 11.6 Å². The minimum Gasteiger partial charge on any atom is -0.388 e. The van der Waals surface area contributed by atoms with Gasteiger partial charge in [0.25, 0.3) is 0 Å². The van der Waals surface area contributed by atoms with Gasteiger partial charge in [-0.15, -0.1) is 0 Å². The Morgan fingerprint density at radius 1 is 1.42 bits per heavy atom. The third-order valence-corrected chi connectivity index (χ3v) is 4.62. The highest BCUT2D eigenvalue weighted by Crippen LogP contribution is 2.24. The summed E-state index contributed by atoms with van der Waals surface area (Å²) in [6.45, 7) is 6.42. The molecule has 2 atom stereocenters. The summed E-state index contributed by atoms with van der Waals surface area (Å²) >= 11 is 6.01. The molecule has 0 aromatic heterocycles.